The summed E-state index contributed by atoms with van der Waals surface area (Å²) >= 11 is 0. The van der Waals surface area contributed by atoms with Gasteiger partial charge in [-0.2, -0.15) is 0 Å². The summed E-state index contributed by atoms with van der Waals surface area (Å²) < 4.78 is 0. The Hall–Kier alpha value is -0.820. The van der Waals surface area contributed by atoms with Crippen molar-refractivity contribution in [3.8, 4) is 0 Å². The molecule has 0 aliphatic rings. The van der Waals surface area contributed by atoms with Crippen LogP contribution in [-0.4, -0.2) is 6.54 Å². The van der Waals surface area contributed by atoms with Crippen molar-refractivity contribution >= 4 is 0 Å². The van der Waals surface area contributed by atoms with E-state index in [0.29, 0.717) is 0 Å². The average Bonchev–Trinajstić information content (AvgIpc) is 2.15. The molecule has 1 rings (SSSR count). The Balaban J connectivity index is 2.53. The van der Waals surface area contributed by atoms with Crippen LogP contribution in [0, 0.1) is 0 Å². The minimum Gasteiger partial charge on any atom is -0.330 e. The Labute approximate surface area is 74.6 Å². The van der Waals surface area contributed by atoms with Crippen LogP contribution in [0.5, 0.6) is 0 Å². The summed E-state index contributed by atoms with van der Waals surface area (Å²) in [6, 6.07) is 8.81. The normalized spacial score (nSPS) is 10.2. The fraction of sp³-hybridized carbons (Fsp3) is 0.455. The van der Waals surface area contributed by atoms with Gasteiger partial charge in [0.1, 0.15) is 0 Å². The van der Waals surface area contributed by atoms with Gasteiger partial charge in [0, 0.05) is 0 Å². The Morgan fingerprint density at radius 1 is 1.08 bits per heavy atom. The Morgan fingerprint density at radius 3 is 2.17 bits per heavy atom. The molecule has 1 aromatic rings. The first-order valence-electron chi connectivity index (χ1n) is 4.64. The molecule has 0 spiro atoms. The average molecular weight is 163 g/mol. The smallest absolute Gasteiger partial charge is 0.00741 e. The third-order valence-corrected chi connectivity index (χ3v) is 2.10. The minimum absolute atomic E-state index is 0.787. The van der Waals surface area contributed by atoms with Gasteiger partial charge in [0.2, 0.25) is 0 Å². The number of rotatable bonds is 4. The van der Waals surface area contributed by atoms with Crippen LogP contribution in [0.4, 0.5) is 0 Å². The van der Waals surface area contributed by atoms with Crippen molar-refractivity contribution in [2.45, 2.75) is 26.2 Å². The van der Waals surface area contributed by atoms with Gasteiger partial charge in [-0.25, -0.2) is 0 Å². The van der Waals surface area contributed by atoms with E-state index in [0.717, 1.165) is 25.8 Å². The maximum absolute atomic E-state index is 5.43. The second-order valence-electron chi connectivity index (χ2n) is 3.06. The molecule has 0 unspecified atom stereocenters. The molecule has 0 radical (unpaired) electrons. The van der Waals surface area contributed by atoms with Crippen molar-refractivity contribution in [2.24, 2.45) is 5.73 Å². The topological polar surface area (TPSA) is 26.0 Å². The van der Waals surface area contributed by atoms with Crippen molar-refractivity contribution in [3.05, 3.63) is 35.4 Å². The van der Waals surface area contributed by atoms with Crippen LogP contribution >= 0.6 is 0 Å². The van der Waals surface area contributed by atoms with Crippen LogP contribution in [0.25, 0.3) is 0 Å². The molecule has 0 saturated heterocycles. The van der Waals surface area contributed by atoms with Gasteiger partial charge >= 0.3 is 0 Å². The molecule has 0 aliphatic heterocycles. The standard InChI is InChI=1S/C11H17N/c1-2-10-5-7-11(8-6-10)4-3-9-12/h5-8H,2-4,9,12H2,1H3. The molecule has 1 heteroatoms. The Bertz CT molecular complexity index is 213. The molecule has 0 saturated carbocycles. The van der Waals surface area contributed by atoms with E-state index in [1.54, 1.807) is 0 Å². The highest BCUT2D eigenvalue weighted by atomic mass is 14.5. The molecule has 0 fully saturated rings. The summed E-state index contributed by atoms with van der Waals surface area (Å²) in [4.78, 5) is 0. The van der Waals surface area contributed by atoms with Gasteiger partial charge in [-0.3, -0.25) is 0 Å². The highest BCUT2D eigenvalue weighted by molar-refractivity contribution is 5.22. The summed E-state index contributed by atoms with van der Waals surface area (Å²) in [7, 11) is 0. The lowest BCUT2D eigenvalue weighted by molar-refractivity contribution is 0.832. The zero-order valence-corrected chi connectivity index (χ0v) is 7.72. The van der Waals surface area contributed by atoms with E-state index in [-0.39, 0.29) is 0 Å². The van der Waals surface area contributed by atoms with Crippen molar-refractivity contribution in [3.63, 3.8) is 0 Å². The van der Waals surface area contributed by atoms with Gasteiger partial charge in [-0.1, -0.05) is 31.2 Å². The van der Waals surface area contributed by atoms with Gasteiger partial charge in [0.15, 0.2) is 0 Å². The van der Waals surface area contributed by atoms with E-state index < -0.39 is 0 Å². The first kappa shape index (κ1) is 9.27. The van der Waals surface area contributed by atoms with E-state index in [1.165, 1.54) is 11.1 Å². The largest absolute Gasteiger partial charge is 0.330 e. The highest BCUT2D eigenvalue weighted by Gasteiger charge is 1.92. The molecule has 0 atom stereocenters. The predicted octanol–water partition coefficient (Wildman–Crippen LogP) is 2.14. The van der Waals surface area contributed by atoms with Crippen LogP contribution in [0.15, 0.2) is 24.3 Å². The van der Waals surface area contributed by atoms with E-state index in [9.17, 15) is 0 Å². The van der Waals surface area contributed by atoms with Gasteiger partial charge in [0.25, 0.3) is 0 Å². The number of nitrogens with two attached hydrogens (primary N) is 1. The number of hydrogen-bond donors (Lipinski definition) is 1. The third kappa shape index (κ3) is 2.67. The van der Waals surface area contributed by atoms with Crippen molar-refractivity contribution in [1.29, 1.82) is 0 Å². The van der Waals surface area contributed by atoms with Gasteiger partial charge in [-0.05, 0) is 36.9 Å². The Morgan fingerprint density at radius 2 is 1.67 bits per heavy atom. The molecular weight excluding hydrogens is 146 g/mol. The van der Waals surface area contributed by atoms with Crippen LogP contribution in [-0.2, 0) is 12.8 Å². The van der Waals surface area contributed by atoms with Gasteiger partial charge < -0.3 is 5.73 Å². The van der Waals surface area contributed by atoms with Gasteiger partial charge in [0.05, 0.1) is 0 Å². The predicted molar refractivity (Wildman–Crippen MR) is 53.2 cm³/mol. The van der Waals surface area contributed by atoms with Crippen LogP contribution in [0.2, 0.25) is 0 Å². The fourth-order valence-electron chi connectivity index (χ4n) is 1.25. The lowest BCUT2D eigenvalue weighted by Crippen LogP contribution is -2.00. The fourth-order valence-corrected chi connectivity index (χ4v) is 1.25. The first-order chi connectivity index (χ1) is 5.86. The number of benzene rings is 1. The number of hydrogen-bond acceptors (Lipinski definition) is 1. The molecule has 0 amide bonds. The zero-order chi connectivity index (χ0) is 8.81. The highest BCUT2D eigenvalue weighted by Crippen LogP contribution is 2.06. The molecule has 66 valence electrons. The molecule has 12 heavy (non-hydrogen) atoms. The summed E-state index contributed by atoms with van der Waals surface area (Å²) in [5.41, 5.74) is 8.24. The second kappa shape index (κ2) is 4.94. The van der Waals surface area contributed by atoms with Crippen LogP contribution < -0.4 is 5.73 Å². The SMILES string of the molecule is CCc1ccc(CCCN)cc1. The maximum atomic E-state index is 5.43. The quantitative estimate of drug-likeness (QED) is 0.723. The molecule has 0 aromatic heterocycles. The molecule has 0 heterocycles. The monoisotopic (exact) mass is 163 g/mol. The molecule has 2 N–H and O–H groups in total. The first-order valence-corrected chi connectivity index (χ1v) is 4.64. The van der Waals surface area contributed by atoms with Crippen molar-refractivity contribution in [1.82, 2.24) is 0 Å². The van der Waals surface area contributed by atoms with E-state index >= 15 is 0 Å². The van der Waals surface area contributed by atoms with E-state index in [4.69, 9.17) is 5.73 Å². The minimum atomic E-state index is 0.787. The van der Waals surface area contributed by atoms with Crippen molar-refractivity contribution in [2.75, 3.05) is 6.54 Å². The molecule has 0 bridgehead atoms. The Kier molecular flexibility index (Phi) is 3.81. The molecular formula is C11H17N. The van der Waals surface area contributed by atoms with Crippen molar-refractivity contribution < 1.29 is 0 Å². The van der Waals surface area contributed by atoms with Crippen LogP contribution in [0.3, 0.4) is 0 Å². The lowest BCUT2D eigenvalue weighted by Gasteiger charge is -2.00. The van der Waals surface area contributed by atoms with E-state index in [2.05, 4.69) is 31.2 Å². The van der Waals surface area contributed by atoms with Gasteiger partial charge in [-0.15, -0.1) is 0 Å². The second-order valence-corrected chi connectivity index (χ2v) is 3.06. The molecule has 1 aromatic carbocycles. The summed E-state index contributed by atoms with van der Waals surface area (Å²) in [5, 5.41) is 0. The summed E-state index contributed by atoms with van der Waals surface area (Å²) in [6.07, 6.45) is 3.32. The maximum Gasteiger partial charge on any atom is -0.00741 e. The zero-order valence-electron chi connectivity index (χ0n) is 7.72. The summed E-state index contributed by atoms with van der Waals surface area (Å²) in [6.45, 7) is 2.96. The third-order valence-electron chi connectivity index (χ3n) is 2.10. The lowest BCUT2D eigenvalue weighted by atomic mass is 10.1. The summed E-state index contributed by atoms with van der Waals surface area (Å²) in [5.74, 6) is 0. The number of aryl methyl sites for hydroxylation is 2. The van der Waals surface area contributed by atoms with Crippen LogP contribution in [0.1, 0.15) is 24.5 Å². The molecule has 0 aliphatic carbocycles. The molecule has 1 nitrogen and oxygen atoms in total. The van der Waals surface area contributed by atoms with E-state index in [1.807, 2.05) is 0 Å².